The molecule has 0 unspecified atom stereocenters. The molecule has 9 heteroatoms. The van der Waals surface area contributed by atoms with Gasteiger partial charge in [-0.1, -0.05) is 25.5 Å². The Morgan fingerprint density at radius 2 is 1.52 bits per heavy atom. The van der Waals surface area contributed by atoms with E-state index in [1.165, 1.54) is 5.56 Å². The van der Waals surface area contributed by atoms with E-state index < -0.39 is 8.56 Å². The Hall–Kier alpha value is -1.40. The van der Waals surface area contributed by atoms with Crippen LogP contribution in [0.4, 0.5) is 0 Å². The lowest BCUT2D eigenvalue weighted by atomic mass is 9.83. The van der Waals surface area contributed by atoms with Gasteiger partial charge in [0.05, 0.1) is 28.2 Å². The standard InChI is InChI=1S/C22H29N3O2S3Si/c1-2-3-13-26-21-9-5-19(6-10-21)20-7-11-22(12-8-20)27-14-4-15-31(23-16-28,24-17-29)25-18-30/h5-6,9-10,20,22H,2-4,7-8,11-15H2,1H3. The van der Waals surface area contributed by atoms with Crippen LogP contribution in [0, 0.1) is 0 Å². The summed E-state index contributed by atoms with van der Waals surface area (Å²) in [5.41, 5.74) is 1.39. The number of nitrogens with zero attached hydrogens (tertiary/aromatic N) is 3. The zero-order valence-electron chi connectivity index (χ0n) is 17.9. The van der Waals surface area contributed by atoms with Gasteiger partial charge in [0.25, 0.3) is 0 Å². The molecule has 0 aliphatic heterocycles. The summed E-state index contributed by atoms with van der Waals surface area (Å²) in [7, 11) is -2.81. The molecular formula is C22H29N3O2S3Si. The summed E-state index contributed by atoms with van der Waals surface area (Å²) >= 11 is 14.2. The van der Waals surface area contributed by atoms with Crippen LogP contribution < -0.4 is 4.74 Å². The molecule has 1 fully saturated rings. The predicted molar refractivity (Wildman–Crippen MR) is 138 cm³/mol. The molecule has 1 aromatic carbocycles. The minimum absolute atomic E-state index is 0.293. The fraction of sp³-hybridized carbons (Fsp3) is 0.591. The minimum Gasteiger partial charge on any atom is -0.494 e. The molecular weight excluding hydrogens is 463 g/mol. The van der Waals surface area contributed by atoms with Crippen molar-refractivity contribution in [2.75, 3.05) is 13.2 Å². The van der Waals surface area contributed by atoms with Crippen LogP contribution in [0.5, 0.6) is 5.75 Å². The van der Waals surface area contributed by atoms with E-state index >= 15 is 0 Å². The number of thiocarbonyl (C=S) groups is 3. The molecule has 1 aromatic rings. The molecule has 5 nitrogen and oxygen atoms in total. The van der Waals surface area contributed by atoms with Gasteiger partial charge in [-0.05, 0) is 98.8 Å². The van der Waals surface area contributed by atoms with Crippen LogP contribution in [-0.4, -0.2) is 43.4 Å². The highest BCUT2D eigenvalue weighted by Crippen LogP contribution is 2.34. The van der Waals surface area contributed by atoms with Crippen LogP contribution in [0.25, 0.3) is 0 Å². The lowest BCUT2D eigenvalue weighted by Gasteiger charge is -2.29. The van der Waals surface area contributed by atoms with Gasteiger partial charge in [0.15, 0.2) is 0 Å². The summed E-state index contributed by atoms with van der Waals surface area (Å²) < 4.78 is 24.3. The second-order valence-corrected chi connectivity index (χ2v) is 10.9. The number of benzene rings is 1. The maximum Gasteiger partial charge on any atom is 0.461 e. The molecule has 31 heavy (non-hydrogen) atoms. The Morgan fingerprint density at radius 3 is 2.06 bits per heavy atom. The van der Waals surface area contributed by atoms with Crippen molar-refractivity contribution >= 4 is 60.7 Å². The molecule has 0 N–H and O–H groups in total. The van der Waals surface area contributed by atoms with Gasteiger partial charge in [-0.25, -0.2) is 14.0 Å². The van der Waals surface area contributed by atoms with Crippen LogP contribution >= 0.6 is 36.7 Å². The normalized spacial score (nSPS) is 19.8. The lowest BCUT2D eigenvalue weighted by Crippen LogP contribution is -2.28. The number of hydrogen-bond donors (Lipinski definition) is 0. The minimum atomic E-state index is -2.81. The van der Waals surface area contributed by atoms with Crippen LogP contribution in [0.2, 0.25) is 6.04 Å². The molecule has 0 amide bonds. The molecule has 0 saturated heterocycles. The maximum absolute atomic E-state index is 6.11. The van der Waals surface area contributed by atoms with Gasteiger partial charge in [0.1, 0.15) is 5.75 Å². The molecule has 0 radical (unpaired) electrons. The van der Waals surface area contributed by atoms with E-state index in [-0.39, 0.29) is 0 Å². The molecule has 1 aliphatic carbocycles. The first-order chi connectivity index (χ1) is 15.2. The predicted octanol–water partition coefficient (Wildman–Crippen LogP) is 6.55. The quantitative estimate of drug-likeness (QED) is 0.136. The average Bonchev–Trinajstić information content (AvgIpc) is 2.78. The first-order valence-electron chi connectivity index (χ1n) is 10.8. The summed E-state index contributed by atoms with van der Waals surface area (Å²) in [4.78, 5) is 0. The first-order valence-corrected chi connectivity index (χ1v) is 14.0. The molecule has 0 atom stereocenters. The highest BCUT2D eigenvalue weighted by molar-refractivity contribution is 7.78. The van der Waals surface area contributed by atoms with Crippen molar-refractivity contribution in [3.8, 4) is 5.75 Å². The van der Waals surface area contributed by atoms with Crippen molar-refractivity contribution < 1.29 is 9.47 Å². The van der Waals surface area contributed by atoms with E-state index in [9.17, 15) is 0 Å². The summed E-state index contributed by atoms with van der Waals surface area (Å²) in [5.74, 6) is 1.55. The van der Waals surface area contributed by atoms with E-state index in [0.717, 1.165) is 57.3 Å². The lowest BCUT2D eigenvalue weighted by molar-refractivity contribution is 0.0250. The van der Waals surface area contributed by atoms with E-state index in [1.807, 2.05) is 0 Å². The summed E-state index contributed by atoms with van der Waals surface area (Å²) in [6.07, 6.45) is 7.70. The Balaban J connectivity index is 1.75. The van der Waals surface area contributed by atoms with Crippen molar-refractivity contribution in [2.24, 2.45) is 14.0 Å². The smallest absolute Gasteiger partial charge is 0.461 e. The summed E-state index contributed by atoms with van der Waals surface area (Å²) in [6.45, 7) is 3.58. The molecule has 0 aromatic heterocycles. The second kappa shape index (κ2) is 14.6. The Labute approximate surface area is 202 Å². The average molecular weight is 492 g/mol. The van der Waals surface area contributed by atoms with Gasteiger partial charge in [-0.15, -0.1) is 0 Å². The third-order valence-electron chi connectivity index (χ3n) is 5.48. The molecule has 2 rings (SSSR count). The molecule has 1 saturated carbocycles. The molecule has 0 bridgehead atoms. The number of ether oxygens (including phenoxy) is 2. The van der Waals surface area contributed by atoms with Gasteiger partial charge >= 0.3 is 8.56 Å². The van der Waals surface area contributed by atoms with Crippen LogP contribution in [0.3, 0.4) is 0 Å². The van der Waals surface area contributed by atoms with Crippen molar-refractivity contribution in [3.63, 3.8) is 0 Å². The van der Waals surface area contributed by atoms with Crippen molar-refractivity contribution in [2.45, 2.75) is 69.9 Å². The zero-order valence-corrected chi connectivity index (χ0v) is 21.4. The largest absolute Gasteiger partial charge is 0.494 e. The third-order valence-corrected chi connectivity index (χ3v) is 8.67. The second-order valence-electron chi connectivity index (χ2n) is 7.60. The van der Waals surface area contributed by atoms with Crippen LogP contribution in [-0.2, 0) is 4.74 Å². The van der Waals surface area contributed by atoms with E-state index in [4.69, 9.17) is 46.1 Å². The van der Waals surface area contributed by atoms with Crippen molar-refractivity contribution in [1.29, 1.82) is 0 Å². The molecule has 166 valence electrons. The van der Waals surface area contributed by atoms with E-state index in [2.05, 4.69) is 60.6 Å². The van der Waals surface area contributed by atoms with Crippen LogP contribution in [0.15, 0.2) is 38.2 Å². The Kier molecular flexibility index (Phi) is 12.2. The molecule has 0 spiro atoms. The number of rotatable bonds is 13. The zero-order chi connectivity index (χ0) is 22.4. The molecule has 1 aliphatic rings. The fourth-order valence-corrected chi connectivity index (χ4v) is 6.61. The van der Waals surface area contributed by atoms with E-state index in [0.29, 0.717) is 24.7 Å². The van der Waals surface area contributed by atoms with Gasteiger partial charge in [-0.3, -0.25) is 0 Å². The topological polar surface area (TPSA) is 55.5 Å². The first kappa shape index (κ1) is 25.9. The van der Waals surface area contributed by atoms with Crippen molar-refractivity contribution in [1.82, 2.24) is 0 Å². The highest BCUT2D eigenvalue weighted by Gasteiger charge is 2.34. The monoisotopic (exact) mass is 491 g/mol. The summed E-state index contributed by atoms with van der Waals surface area (Å²) in [5, 5.41) is 7.10. The SMILES string of the molecule is CCCCOc1ccc(C2CCC(OCCC[Si](N=C=S)(N=C=S)N=C=S)CC2)cc1. The van der Waals surface area contributed by atoms with Gasteiger partial charge in [-0.2, -0.15) is 0 Å². The fourth-order valence-electron chi connectivity index (χ4n) is 3.75. The van der Waals surface area contributed by atoms with Gasteiger partial charge in [0.2, 0.25) is 0 Å². The molecule has 0 heterocycles. The number of unbranched alkanes of at least 4 members (excludes halogenated alkanes) is 1. The Bertz CT molecular complexity index is 779. The van der Waals surface area contributed by atoms with Crippen molar-refractivity contribution in [3.05, 3.63) is 29.8 Å². The number of isothiocyanates is 3. The third kappa shape index (κ3) is 8.93. The maximum atomic E-state index is 6.11. The van der Waals surface area contributed by atoms with E-state index in [1.54, 1.807) is 0 Å². The van der Waals surface area contributed by atoms with Gasteiger partial charge < -0.3 is 9.47 Å². The van der Waals surface area contributed by atoms with Gasteiger partial charge in [0, 0.05) is 12.7 Å². The number of hydrogen-bond acceptors (Lipinski definition) is 8. The Morgan fingerprint density at radius 1 is 0.903 bits per heavy atom. The summed E-state index contributed by atoms with van der Waals surface area (Å²) in [6, 6.07) is 9.21. The van der Waals surface area contributed by atoms with Crippen LogP contribution in [0.1, 0.15) is 63.4 Å². The highest BCUT2D eigenvalue weighted by atomic mass is 32.1.